The highest BCUT2D eigenvalue weighted by Crippen LogP contribution is 2.30. The van der Waals surface area contributed by atoms with Crippen molar-refractivity contribution >= 4 is 12.4 Å². The summed E-state index contributed by atoms with van der Waals surface area (Å²) in [6, 6.07) is 4.40. The number of ether oxygens (including phenoxy) is 1. The number of rotatable bonds is 4. The van der Waals surface area contributed by atoms with Gasteiger partial charge in [-0.3, -0.25) is 0 Å². The van der Waals surface area contributed by atoms with Crippen LogP contribution in [0.3, 0.4) is 0 Å². The van der Waals surface area contributed by atoms with Crippen molar-refractivity contribution in [2.24, 2.45) is 11.7 Å². The third-order valence-corrected chi connectivity index (χ3v) is 2.64. The summed E-state index contributed by atoms with van der Waals surface area (Å²) in [5.41, 5.74) is 6.59. The van der Waals surface area contributed by atoms with Crippen LogP contribution in [0.1, 0.15) is 25.5 Å². The highest BCUT2D eigenvalue weighted by atomic mass is 35.5. The smallest absolute Gasteiger partial charge is 0.160 e. The number of aliphatic hydroxyl groups excluding tert-OH is 1. The summed E-state index contributed by atoms with van der Waals surface area (Å²) in [5, 5.41) is 19.4. The minimum Gasteiger partial charge on any atom is -0.504 e. The summed E-state index contributed by atoms with van der Waals surface area (Å²) in [6.45, 7) is 3.79. The SMILES string of the molecule is COc1ccc([C@H](N)[C@H](O)C(C)C)cc1O.Cl. The van der Waals surface area contributed by atoms with Crippen LogP contribution >= 0.6 is 12.4 Å². The van der Waals surface area contributed by atoms with Crippen LogP contribution in [-0.4, -0.2) is 23.4 Å². The molecule has 0 radical (unpaired) electrons. The van der Waals surface area contributed by atoms with Crippen LogP contribution in [0, 0.1) is 5.92 Å². The first-order chi connectivity index (χ1) is 7.47. The van der Waals surface area contributed by atoms with Crippen molar-refractivity contribution in [3.8, 4) is 11.5 Å². The van der Waals surface area contributed by atoms with Gasteiger partial charge >= 0.3 is 0 Å². The highest BCUT2D eigenvalue weighted by Gasteiger charge is 2.20. The molecule has 0 fully saturated rings. The monoisotopic (exact) mass is 261 g/mol. The Kier molecular flexibility index (Phi) is 6.31. The fourth-order valence-corrected chi connectivity index (χ4v) is 1.53. The molecule has 0 aliphatic heterocycles. The van der Waals surface area contributed by atoms with Crippen molar-refractivity contribution < 1.29 is 14.9 Å². The van der Waals surface area contributed by atoms with Gasteiger partial charge < -0.3 is 20.7 Å². The molecular formula is C12H20ClNO3. The van der Waals surface area contributed by atoms with Crippen LogP contribution in [0.25, 0.3) is 0 Å². The van der Waals surface area contributed by atoms with Crippen molar-refractivity contribution in [1.82, 2.24) is 0 Å². The Morgan fingerprint density at radius 3 is 2.29 bits per heavy atom. The number of methoxy groups -OCH3 is 1. The first kappa shape index (κ1) is 16.0. The van der Waals surface area contributed by atoms with Crippen LogP contribution in [-0.2, 0) is 0 Å². The molecule has 0 saturated carbocycles. The lowest BCUT2D eigenvalue weighted by Gasteiger charge is -2.22. The van der Waals surface area contributed by atoms with Crippen LogP contribution < -0.4 is 10.5 Å². The maximum Gasteiger partial charge on any atom is 0.160 e. The molecule has 1 rings (SSSR count). The van der Waals surface area contributed by atoms with E-state index in [1.807, 2.05) is 13.8 Å². The number of halogens is 1. The lowest BCUT2D eigenvalue weighted by atomic mass is 9.94. The fourth-order valence-electron chi connectivity index (χ4n) is 1.53. The first-order valence-corrected chi connectivity index (χ1v) is 5.28. The van der Waals surface area contributed by atoms with E-state index in [-0.39, 0.29) is 24.1 Å². The molecule has 1 aromatic carbocycles. The van der Waals surface area contributed by atoms with E-state index >= 15 is 0 Å². The molecule has 0 heterocycles. The summed E-state index contributed by atoms with van der Waals surface area (Å²) < 4.78 is 4.93. The molecule has 0 aromatic heterocycles. The number of hydrogen-bond acceptors (Lipinski definition) is 4. The van der Waals surface area contributed by atoms with Crippen molar-refractivity contribution in [3.63, 3.8) is 0 Å². The summed E-state index contributed by atoms with van der Waals surface area (Å²) in [5.74, 6) is 0.501. The van der Waals surface area contributed by atoms with Gasteiger partial charge in [0.1, 0.15) is 0 Å². The van der Waals surface area contributed by atoms with E-state index in [2.05, 4.69) is 0 Å². The van der Waals surface area contributed by atoms with Gasteiger partial charge in [-0.25, -0.2) is 0 Å². The van der Waals surface area contributed by atoms with Gasteiger partial charge in [-0.15, -0.1) is 12.4 Å². The zero-order valence-corrected chi connectivity index (χ0v) is 11.1. The number of phenols is 1. The topological polar surface area (TPSA) is 75.7 Å². The van der Waals surface area contributed by atoms with E-state index in [1.165, 1.54) is 13.2 Å². The average molecular weight is 262 g/mol. The van der Waals surface area contributed by atoms with E-state index in [0.29, 0.717) is 11.3 Å². The van der Waals surface area contributed by atoms with Gasteiger partial charge in [-0.2, -0.15) is 0 Å². The number of benzene rings is 1. The minimum atomic E-state index is -0.632. The molecule has 0 aliphatic rings. The zero-order chi connectivity index (χ0) is 12.3. The zero-order valence-electron chi connectivity index (χ0n) is 10.3. The van der Waals surface area contributed by atoms with E-state index in [1.54, 1.807) is 12.1 Å². The van der Waals surface area contributed by atoms with Gasteiger partial charge in [-0.1, -0.05) is 19.9 Å². The molecule has 1 aromatic rings. The second-order valence-electron chi connectivity index (χ2n) is 4.19. The lowest BCUT2D eigenvalue weighted by Crippen LogP contribution is -2.30. The fraction of sp³-hybridized carbons (Fsp3) is 0.500. The second-order valence-corrected chi connectivity index (χ2v) is 4.19. The van der Waals surface area contributed by atoms with E-state index < -0.39 is 12.1 Å². The third kappa shape index (κ3) is 3.77. The van der Waals surface area contributed by atoms with Crippen LogP contribution in [0.2, 0.25) is 0 Å². The van der Waals surface area contributed by atoms with Crippen LogP contribution in [0.15, 0.2) is 18.2 Å². The normalized spacial score (nSPS) is 14.0. The van der Waals surface area contributed by atoms with E-state index in [4.69, 9.17) is 10.5 Å². The van der Waals surface area contributed by atoms with Crippen LogP contribution in [0.5, 0.6) is 11.5 Å². The van der Waals surface area contributed by atoms with Gasteiger partial charge in [-0.05, 0) is 23.6 Å². The highest BCUT2D eigenvalue weighted by molar-refractivity contribution is 5.85. The minimum absolute atomic E-state index is 0. The standard InChI is InChI=1S/C12H19NO3.ClH/c1-7(2)12(15)11(13)8-4-5-10(16-3)9(14)6-8;/h4-7,11-12,14-15H,13H2,1-3H3;1H/t11-,12+;/m0./s1. The van der Waals surface area contributed by atoms with Gasteiger partial charge in [0.05, 0.1) is 19.3 Å². The van der Waals surface area contributed by atoms with Crippen LogP contribution in [0.4, 0.5) is 0 Å². The van der Waals surface area contributed by atoms with Crippen molar-refractivity contribution in [1.29, 1.82) is 0 Å². The van der Waals surface area contributed by atoms with E-state index in [9.17, 15) is 10.2 Å². The van der Waals surface area contributed by atoms with Gasteiger partial charge in [0, 0.05) is 0 Å². The Morgan fingerprint density at radius 1 is 1.29 bits per heavy atom. The maximum absolute atomic E-state index is 9.83. The van der Waals surface area contributed by atoms with Gasteiger partial charge in [0.25, 0.3) is 0 Å². The van der Waals surface area contributed by atoms with Crippen molar-refractivity contribution in [2.75, 3.05) is 7.11 Å². The number of phenolic OH excluding ortho intramolecular Hbond substituents is 1. The van der Waals surface area contributed by atoms with Crippen molar-refractivity contribution in [3.05, 3.63) is 23.8 Å². The molecule has 98 valence electrons. The molecule has 0 aliphatic carbocycles. The summed E-state index contributed by atoms with van der Waals surface area (Å²) in [4.78, 5) is 0. The molecule has 17 heavy (non-hydrogen) atoms. The molecule has 0 unspecified atom stereocenters. The number of aliphatic hydroxyl groups is 1. The maximum atomic E-state index is 9.83. The van der Waals surface area contributed by atoms with Crippen molar-refractivity contribution in [2.45, 2.75) is 26.0 Å². The number of aromatic hydroxyl groups is 1. The predicted molar refractivity (Wildman–Crippen MR) is 69.7 cm³/mol. The molecule has 0 amide bonds. The quantitative estimate of drug-likeness (QED) is 0.773. The molecule has 5 heteroatoms. The Bertz CT molecular complexity index is 358. The Morgan fingerprint density at radius 2 is 1.88 bits per heavy atom. The average Bonchev–Trinajstić information content (AvgIpc) is 2.26. The third-order valence-electron chi connectivity index (χ3n) is 2.64. The molecule has 0 bridgehead atoms. The number of hydrogen-bond donors (Lipinski definition) is 3. The Hall–Kier alpha value is -0.970. The molecule has 4 N–H and O–H groups in total. The molecule has 0 spiro atoms. The lowest BCUT2D eigenvalue weighted by molar-refractivity contribution is 0.0978. The first-order valence-electron chi connectivity index (χ1n) is 5.28. The second kappa shape index (κ2) is 6.69. The van der Waals surface area contributed by atoms with Gasteiger partial charge in [0.15, 0.2) is 11.5 Å². The number of nitrogens with two attached hydrogens (primary N) is 1. The van der Waals surface area contributed by atoms with E-state index in [0.717, 1.165) is 0 Å². The molecular weight excluding hydrogens is 242 g/mol. The summed E-state index contributed by atoms with van der Waals surface area (Å²) >= 11 is 0. The van der Waals surface area contributed by atoms with Gasteiger partial charge in [0.2, 0.25) is 0 Å². The molecule has 0 saturated heterocycles. The summed E-state index contributed by atoms with van der Waals surface area (Å²) in [7, 11) is 1.48. The largest absolute Gasteiger partial charge is 0.504 e. The molecule has 2 atom stereocenters. The Balaban J connectivity index is 0.00000256. The molecule has 4 nitrogen and oxygen atoms in total. The predicted octanol–water partition coefficient (Wildman–Crippen LogP) is 1.84. The summed E-state index contributed by atoms with van der Waals surface area (Å²) in [6.07, 6.45) is -0.632. The Labute approximate surface area is 108 Å².